The van der Waals surface area contributed by atoms with Crippen molar-refractivity contribution in [2.45, 2.75) is 65.2 Å². The van der Waals surface area contributed by atoms with Crippen molar-refractivity contribution >= 4 is 0 Å². The van der Waals surface area contributed by atoms with E-state index in [1.807, 2.05) is 0 Å². The van der Waals surface area contributed by atoms with Gasteiger partial charge in [-0.2, -0.15) is 0 Å². The van der Waals surface area contributed by atoms with Crippen LogP contribution >= 0.6 is 0 Å². The molecule has 0 aliphatic rings. The van der Waals surface area contributed by atoms with E-state index < -0.39 is 0 Å². The Morgan fingerprint density at radius 3 is 2.47 bits per heavy atom. The molecule has 0 atom stereocenters. The molecule has 0 saturated heterocycles. The first kappa shape index (κ1) is 12.3. The van der Waals surface area contributed by atoms with Crippen molar-refractivity contribution in [3.8, 4) is 0 Å². The minimum absolute atomic E-state index is 0.0780. The van der Waals surface area contributed by atoms with Gasteiger partial charge < -0.3 is 4.52 Å². The van der Waals surface area contributed by atoms with Crippen LogP contribution in [0.2, 0.25) is 0 Å². The normalized spacial score (nSPS) is 12.0. The van der Waals surface area contributed by atoms with Gasteiger partial charge in [-0.25, -0.2) is 0 Å². The molecule has 1 heterocycles. The summed E-state index contributed by atoms with van der Waals surface area (Å²) >= 11 is 0. The fraction of sp³-hybridized carbons (Fsp3) is 0.769. The van der Waals surface area contributed by atoms with E-state index in [4.69, 9.17) is 4.52 Å². The number of nitrogens with zero attached hydrogens (tertiary/aromatic N) is 1. The molecule has 0 amide bonds. The summed E-state index contributed by atoms with van der Waals surface area (Å²) in [5, 5.41) is 4.11. The number of rotatable bonds is 5. The maximum Gasteiger partial charge on any atom is 0.142 e. The van der Waals surface area contributed by atoms with Gasteiger partial charge in [0.15, 0.2) is 0 Å². The van der Waals surface area contributed by atoms with Gasteiger partial charge in [0.2, 0.25) is 0 Å². The van der Waals surface area contributed by atoms with Gasteiger partial charge in [-0.05, 0) is 12.8 Å². The van der Waals surface area contributed by atoms with Crippen molar-refractivity contribution in [2.24, 2.45) is 0 Å². The van der Waals surface area contributed by atoms with Gasteiger partial charge in [0.25, 0.3) is 0 Å². The molecule has 0 aromatic carbocycles. The molecule has 0 radical (unpaired) electrons. The SMILES string of the molecule is CCCCCCc1cc(C(C)(C)C)on1. The van der Waals surface area contributed by atoms with Gasteiger partial charge in [0.1, 0.15) is 5.76 Å². The van der Waals surface area contributed by atoms with Crippen molar-refractivity contribution < 1.29 is 4.52 Å². The number of unbranched alkanes of at least 4 members (excludes halogenated alkanes) is 3. The standard InChI is InChI=1S/C13H23NO/c1-5-6-7-8-9-11-10-12(15-14-11)13(2,3)4/h10H,5-9H2,1-4H3. The van der Waals surface area contributed by atoms with Crippen LogP contribution in [0, 0.1) is 0 Å². The lowest BCUT2D eigenvalue weighted by Crippen LogP contribution is -2.09. The largest absolute Gasteiger partial charge is 0.361 e. The number of aryl methyl sites for hydroxylation is 1. The second-order valence-corrected chi connectivity index (χ2v) is 5.24. The van der Waals surface area contributed by atoms with Crippen molar-refractivity contribution in [3.63, 3.8) is 0 Å². The Morgan fingerprint density at radius 1 is 1.20 bits per heavy atom. The van der Waals surface area contributed by atoms with Crippen LogP contribution < -0.4 is 0 Å². The van der Waals surface area contributed by atoms with E-state index >= 15 is 0 Å². The van der Waals surface area contributed by atoms with E-state index in [2.05, 4.69) is 38.9 Å². The molecule has 0 aliphatic carbocycles. The molecule has 2 nitrogen and oxygen atoms in total. The first-order valence-corrected chi connectivity index (χ1v) is 6.00. The highest BCUT2D eigenvalue weighted by molar-refractivity contribution is 5.12. The predicted octanol–water partition coefficient (Wildman–Crippen LogP) is 4.09. The van der Waals surface area contributed by atoms with Crippen molar-refractivity contribution in [1.82, 2.24) is 5.16 Å². The van der Waals surface area contributed by atoms with Gasteiger partial charge in [-0.3, -0.25) is 0 Å². The molecule has 0 fully saturated rings. The zero-order valence-corrected chi connectivity index (χ0v) is 10.5. The molecule has 0 aliphatic heterocycles. The molecule has 0 unspecified atom stereocenters. The Kier molecular flexibility index (Phi) is 4.37. The lowest BCUT2D eigenvalue weighted by Gasteiger charge is -2.12. The first-order chi connectivity index (χ1) is 7.04. The lowest BCUT2D eigenvalue weighted by molar-refractivity contribution is 0.325. The van der Waals surface area contributed by atoms with Crippen molar-refractivity contribution in [2.75, 3.05) is 0 Å². The molecule has 2 heteroatoms. The highest BCUT2D eigenvalue weighted by Crippen LogP contribution is 2.23. The molecular weight excluding hydrogens is 186 g/mol. The van der Waals surface area contributed by atoms with E-state index in [1.165, 1.54) is 25.7 Å². The number of aromatic nitrogens is 1. The number of hydrogen-bond donors (Lipinski definition) is 0. The van der Waals surface area contributed by atoms with E-state index in [0.717, 1.165) is 17.9 Å². The van der Waals surface area contributed by atoms with Crippen LogP contribution in [0.5, 0.6) is 0 Å². The quantitative estimate of drug-likeness (QED) is 0.682. The summed E-state index contributed by atoms with van der Waals surface area (Å²) in [6.07, 6.45) is 6.19. The Morgan fingerprint density at radius 2 is 1.93 bits per heavy atom. The summed E-state index contributed by atoms with van der Waals surface area (Å²) in [5.41, 5.74) is 1.19. The van der Waals surface area contributed by atoms with Crippen LogP contribution in [0.4, 0.5) is 0 Å². The summed E-state index contributed by atoms with van der Waals surface area (Å²) in [6, 6.07) is 2.10. The van der Waals surface area contributed by atoms with Gasteiger partial charge >= 0.3 is 0 Å². The van der Waals surface area contributed by atoms with Gasteiger partial charge in [-0.1, -0.05) is 52.1 Å². The van der Waals surface area contributed by atoms with Crippen LogP contribution in [0.3, 0.4) is 0 Å². The molecule has 1 aromatic rings. The van der Waals surface area contributed by atoms with E-state index in [0.29, 0.717) is 0 Å². The van der Waals surface area contributed by atoms with Crippen molar-refractivity contribution in [3.05, 3.63) is 17.5 Å². The lowest BCUT2D eigenvalue weighted by atomic mass is 9.93. The zero-order chi connectivity index (χ0) is 11.3. The average Bonchev–Trinajstić information content (AvgIpc) is 2.60. The van der Waals surface area contributed by atoms with Crippen molar-refractivity contribution in [1.29, 1.82) is 0 Å². The van der Waals surface area contributed by atoms with E-state index in [9.17, 15) is 0 Å². The summed E-state index contributed by atoms with van der Waals surface area (Å²) in [4.78, 5) is 0. The summed E-state index contributed by atoms with van der Waals surface area (Å²) in [7, 11) is 0. The van der Waals surface area contributed by atoms with Gasteiger partial charge in [0.05, 0.1) is 5.69 Å². The Labute approximate surface area is 93.0 Å². The maximum atomic E-state index is 5.34. The van der Waals surface area contributed by atoms with Crippen LogP contribution in [0.1, 0.15) is 64.8 Å². The summed E-state index contributed by atoms with van der Waals surface area (Å²) < 4.78 is 5.34. The molecule has 0 bridgehead atoms. The molecule has 15 heavy (non-hydrogen) atoms. The highest BCUT2D eigenvalue weighted by atomic mass is 16.5. The molecule has 86 valence electrons. The highest BCUT2D eigenvalue weighted by Gasteiger charge is 2.19. The Balaban J connectivity index is 2.40. The second-order valence-electron chi connectivity index (χ2n) is 5.24. The third-order valence-corrected chi connectivity index (χ3v) is 2.58. The topological polar surface area (TPSA) is 26.0 Å². The monoisotopic (exact) mass is 209 g/mol. The first-order valence-electron chi connectivity index (χ1n) is 6.00. The second kappa shape index (κ2) is 5.34. The Hall–Kier alpha value is -0.790. The third kappa shape index (κ3) is 4.06. The van der Waals surface area contributed by atoms with E-state index in [-0.39, 0.29) is 5.41 Å². The Bertz CT molecular complexity index is 283. The third-order valence-electron chi connectivity index (χ3n) is 2.58. The molecule has 0 spiro atoms. The fourth-order valence-corrected chi connectivity index (χ4v) is 1.52. The molecule has 0 N–H and O–H groups in total. The molecule has 1 rings (SSSR count). The van der Waals surface area contributed by atoms with Crippen LogP contribution in [-0.2, 0) is 11.8 Å². The molecular formula is C13H23NO. The zero-order valence-electron chi connectivity index (χ0n) is 10.5. The minimum Gasteiger partial charge on any atom is -0.361 e. The summed E-state index contributed by atoms with van der Waals surface area (Å²) in [6.45, 7) is 8.67. The van der Waals surface area contributed by atoms with Gasteiger partial charge in [0, 0.05) is 11.5 Å². The minimum atomic E-state index is 0.0780. The predicted molar refractivity (Wildman–Crippen MR) is 63.0 cm³/mol. The van der Waals surface area contributed by atoms with Gasteiger partial charge in [-0.15, -0.1) is 0 Å². The molecule has 0 saturated carbocycles. The fourth-order valence-electron chi connectivity index (χ4n) is 1.52. The maximum absolute atomic E-state index is 5.34. The van der Waals surface area contributed by atoms with Crippen LogP contribution in [0.15, 0.2) is 10.6 Å². The smallest absolute Gasteiger partial charge is 0.142 e. The van der Waals surface area contributed by atoms with Crippen LogP contribution in [0.25, 0.3) is 0 Å². The van der Waals surface area contributed by atoms with E-state index in [1.54, 1.807) is 0 Å². The summed E-state index contributed by atoms with van der Waals surface area (Å²) in [5.74, 6) is 0.994. The molecule has 1 aromatic heterocycles. The van der Waals surface area contributed by atoms with Crippen LogP contribution in [-0.4, -0.2) is 5.16 Å². The average molecular weight is 209 g/mol. The number of hydrogen-bond acceptors (Lipinski definition) is 2.